The zero-order chi connectivity index (χ0) is 39.9. The third-order valence-electron chi connectivity index (χ3n) is 10.1. The number of fused-ring (bicyclic) bond motifs is 6. The number of allylic oxidation sites excluding steroid dienone is 8. The van der Waals surface area contributed by atoms with Crippen LogP contribution in [0.3, 0.4) is 0 Å². The fraction of sp³-hybridized carbons (Fsp3) is 0.0741. The fourth-order valence-corrected chi connectivity index (χ4v) is 13.5. The molecule has 0 spiro atoms. The first-order valence-corrected chi connectivity index (χ1v) is 23.0. The third kappa shape index (κ3) is 11.5. The molecule has 0 N–H and O–H groups in total. The average Bonchev–Trinajstić information content (AvgIpc) is 3.88. The molecule has 302 valence electrons. The molecule has 2 heterocycles. The van der Waals surface area contributed by atoms with Gasteiger partial charge in [0.1, 0.15) is 17.3 Å². The van der Waals surface area contributed by atoms with Gasteiger partial charge in [-0.2, -0.15) is 0 Å². The number of hydrogen-bond donors (Lipinski definition) is 0. The van der Waals surface area contributed by atoms with Gasteiger partial charge in [-0.25, -0.2) is 0 Å². The van der Waals surface area contributed by atoms with E-state index in [4.69, 9.17) is 21.7 Å². The number of benzene rings is 6. The van der Waals surface area contributed by atoms with Crippen molar-refractivity contribution in [1.29, 1.82) is 0 Å². The van der Waals surface area contributed by atoms with Gasteiger partial charge in [-0.15, -0.1) is 12.1 Å². The molecular formula is C54H44Au2O2P2+2. The first kappa shape index (κ1) is 46.2. The van der Waals surface area contributed by atoms with Gasteiger partial charge in [0.15, 0.2) is 0 Å². The summed E-state index contributed by atoms with van der Waals surface area (Å²) in [6.45, 7) is 3.77. The Labute approximate surface area is 387 Å². The number of hydrogen-bond acceptors (Lipinski definition) is 2. The van der Waals surface area contributed by atoms with Crippen molar-refractivity contribution >= 4 is 70.3 Å². The normalized spacial score (nSPS) is 13.5. The summed E-state index contributed by atoms with van der Waals surface area (Å²) in [5, 5.41) is 7.31. The number of para-hydroxylation sites is 4. The molecule has 0 amide bonds. The molecule has 6 aromatic carbocycles. The van der Waals surface area contributed by atoms with E-state index in [9.17, 15) is 0 Å². The van der Waals surface area contributed by atoms with Crippen LogP contribution in [-0.2, 0) is 44.8 Å². The van der Waals surface area contributed by atoms with Gasteiger partial charge in [0.2, 0.25) is 0 Å². The van der Waals surface area contributed by atoms with Crippen LogP contribution in [-0.4, -0.2) is 18.0 Å². The third-order valence-corrected chi connectivity index (χ3v) is 16.3. The molecule has 0 aliphatic heterocycles. The van der Waals surface area contributed by atoms with Crippen LogP contribution in [0.15, 0.2) is 215 Å². The van der Waals surface area contributed by atoms with E-state index < -0.39 is 15.8 Å². The summed E-state index contributed by atoms with van der Waals surface area (Å²) < 4.78 is 11.4. The van der Waals surface area contributed by atoms with Crippen LogP contribution in [0, 0.1) is 24.7 Å². The second-order valence-electron chi connectivity index (χ2n) is 13.7. The maximum atomic E-state index is 7.19. The van der Waals surface area contributed by atoms with Crippen LogP contribution in [0.5, 0.6) is 0 Å². The van der Waals surface area contributed by atoms with E-state index in [0.29, 0.717) is 16.8 Å². The van der Waals surface area contributed by atoms with Crippen molar-refractivity contribution < 1.29 is 53.6 Å². The van der Waals surface area contributed by atoms with Gasteiger partial charge in [-0.3, -0.25) is 11.8 Å². The molecule has 2 atom stereocenters. The molecule has 1 aliphatic carbocycles. The quantitative estimate of drug-likeness (QED) is 0.0473. The summed E-state index contributed by atoms with van der Waals surface area (Å²) in [5.41, 5.74) is 5.29. The Morgan fingerprint density at radius 2 is 1.07 bits per heavy atom. The van der Waals surface area contributed by atoms with E-state index >= 15 is 0 Å². The molecule has 0 saturated heterocycles. The van der Waals surface area contributed by atoms with E-state index in [1.54, 1.807) is 0 Å². The van der Waals surface area contributed by atoms with Gasteiger partial charge >= 0.3 is 44.8 Å². The number of furan rings is 2. The van der Waals surface area contributed by atoms with Crippen molar-refractivity contribution in [2.45, 2.75) is 12.1 Å². The van der Waals surface area contributed by atoms with E-state index in [1.807, 2.05) is 97.1 Å². The molecule has 0 saturated carbocycles. The minimum atomic E-state index is -0.752. The summed E-state index contributed by atoms with van der Waals surface area (Å²) in [6, 6.07) is 49.5. The van der Waals surface area contributed by atoms with Crippen LogP contribution in [0.25, 0.3) is 43.9 Å². The summed E-state index contributed by atoms with van der Waals surface area (Å²) >= 11 is 0. The van der Waals surface area contributed by atoms with Gasteiger partial charge in [0.05, 0.1) is 47.3 Å². The van der Waals surface area contributed by atoms with E-state index in [1.165, 1.54) is 29.4 Å². The topological polar surface area (TPSA) is 26.3 Å². The second-order valence-corrected chi connectivity index (χ2v) is 19.1. The molecule has 1 aliphatic rings. The van der Waals surface area contributed by atoms with Gasteiger partial charge < -0.3 is 21.7 Å². The minimum Gasteiger partial charge on any atom is -0.474 e. The van der Waals surface area contributed by atoms with Crippen LogP contribution in [0.4, 0.5) is 0 Å². The summed E-state index contributed by atoms with van der Waals surface area (Å²) in [7, 11) is -1.37. The molecular weight excluding hydrogens is 1140 g/mol. The Morgan fingerprint density at radius 3 is 1.55 bits per heavy atom. The zero-order valence-corrected chi connectivity index (χ0v) is 39.2. The molecule has 2 aromatic heterocycles. The summed E-state index contributed by atoms with van der Waals surface area (Å²) in [6.07, 6.45) is 35.5. The Balaban J connectivity index is 0.000000181. The van der Waals surface area contributed by atoms with E-state index in [-0.39, 0.29) is 44.8 Å². The van der Waals surface area contributed by atoms with Crippen molar-refractivity contribution in [1.82, 2.24) is 0 Å². The first-order valence-electron chi connectivity index (χ1n) is 19.5. The molecule has 0 radical (unpaired) electrons. The molecule has 2 unspecified atom stereocenters. The largest absolute Gasteiger partial charge is 1.00 e. The van der Waals surface area contributed by atoms with Crippen LogP contribution >= 0.6 is 15.8 Å². The summed E-state index contributed by atoms with van der Waals surface area (Å²) in [5.74, 6) is 7.27. The van der Waals surface area contributed by atoms with Crippen LogP contribution in [0.1, 0.15) is 17.5 Å². The monoisotopic (exact) mass is 1180 g/mol. The Bertz CT molecular complexity index is 2670. The predicted octanol–water partition coefficient (Wildman–Crippen LogP) is 13.2. The van der Waals surface area contributed by atoms with Gasteiger partial charge in [0.25, 0.3) is 0 Å². The van der Waals surface area contributed by atoms with E-state index in [2.05, 4.69) is 121 Å². The van der Waals surface area contributed by atoms with Crippen molar-refractivity contribution in [3.8, 4) is 11.8 Å². The molecule has 0 bridgehead atoms. The minimum absolute atomic E-state index is 0. The van der Waals surface area contributed by atoms with Crippen molar-refractivity contribution in [3.05, 3.63) is 231 Å². The average molecular weight is 1180 g/mol. The van der Waals surface area contributed by atoms with Gasteiger partial charge in [-0.1, -0.05) is 151 Å². The van der Waals surface area contributed by atoms with Gasteiger partial charge in [-0.05, 0) is 48.6 Å². The first-order chi connectivity index (χ1) is 28.7. The Morgan fingerprint density at radius 1 is 0.567 bits per heavy atom. The SMILES string of the molecule is C=C/C=C\C=C\[PH+](CC[PH+](c1ccccc1)c1ccccc1)C1C=CC=CC1.[Au+].[Au+].[C-]#Cc1cccc2c1oc1ccccc12.[C-]#Cc1cccc2c1oc1ccccc12. The molecule has 8 aromatic rings. The molecule has 60 heavy (non-hydrogen) atoms. The van der Waals surface area contributed by atoms with Crippen molar-refractivity contribution in [2.75, 3.05) is 12.3 Å². The summed E-state index contributed by atoms with van der Waals surface area (Å²) in [4.78, 5) is 0. The smallest absolute Gasteiger partial charge is 0.474 e. The number of rotatable bonds is 9. The molecule has 0 fully saturated rings. The fourth-order valence-electron chi connectivity index (χ4n) is 7.26. The van der Waals surface area contributed by atoms with Crippen molar-refractivity contribution in [3.63, 3.8) is 0 Å². The zero-order valence-electron chi connectivity index (χ0n) is 32.9. The Hall–Kier alpha value is -4.92. The standard InChI is InChI=1S/C26H28P2.2C14H7O.2Au/c1-2-3-4-14-21-27(24-15-8-5-9-16-24)22-23-28(25-17-10-6-11-18-25)26-19-12-7-13-20-26;2*1-2-10-6-5-8-12-11-7-3-4-9-13(11)15-14(10)12;;/h2-15,17-21,24H,1,16,22-23H2;2*3-9H;;/q;2*-1;2*+1/p+2/b4-3-,21-14+;;;;. The maximum Gasteiger partial charge on any atom is 1.00 e. The predicted molar refractivity (Wildman–Crippen MR) is 254 cm³/mol. The van der Waals surface area contributed by atoms with Gasteiger partial charge in [0, 0.05) is 35.9 Å². The van der Waals surface area contributed by atoms with E-state index in [0.717, 1.165) is 43.9 Å². The molecule has 9 rings (SSSR count). The maximum absolute atomic E-state index is 7.19. The Kier molecular flexibility index (Phi) is 18.3. The molecule has 2 nitrogen and oxygen atoms in total. The van der Waals surface area contributed by atoms with Crippen LogP contribution in [0.2, 0.25) is 0 Å². The molecule has 6 heteroatoms. The van der Waals surface area contributed by atoms with Crippen molar-refractivity contribution in [2.24, 2.45) is 0 Å². The second kappa shape index (κ2) is 23.8. The van der Waals surface area contributed by atoms with Crippen LogP contribution < -0.4 is 10.6 Å².